The van der Waals surface area contributed by atoms with E-state index in [1.165, 1.54) is 0 Å². The molecule has 0 aliphatic rings. The van der Waals surface area contributed by atoms with Crippen molar-refractivity contribution in [1.82, 2.24) is 9.97 Å². The molecule has 5 nitrogen and oxygen atoms in total. The van der Waals surface area contributed by atoms with E-state index in [1.54, 1.807) is 12.4 Å². The molecule has 0 radical (unpaired) electrons. The third-order valence-electron chi connectivity index (χ3n) is 2.85. The minimum Gasteiger partial charge on any atom is -0.387 e. The molecule has 0 fully saturated rings. The fraction of sp³-hybridized carbons (Fsp3) is 0.333. The molecule has 1 atom stereocenters. The second-order valence-electron chi connectivity index (χ2n) is 4.52. The summed E-state index contributed by atoms with van der Waals surface area (Å²) in [6, 6.07) is 9.55. The van der Waals surface area contributed by atoms with Gasteiger partial charge in [-0.1, -0.05) is 37.3 Å². The Morgan fingerprint density at radius 2 is 1.80 bits per heavy atom. The van der Waals surface area contributed by atoms with Gasteiger partial charge in [0.25, 0.3) is 0 Å². The number of nitrogens with one attached hydrogen (secondary N) is 2. The fourth-order valence-electron chi connectivity index (χ4n) is 1.78. The Morgan fingerprint density at radius 3 is 2.50 bits per heavy atom. The predicted octanol–water partition coefficient (Wildman–Crippen LogP) is 2.44. The van der Waals surface area contributed by atoms with Gasteiger partial charge in [-0.15, -0.1) is 0 Å². The molecule has 1 aromatic heterocycles. The van der Waals surface area contributed by atoms with Crippen molar-refractivity contribution in [2.75, 3.05) is 23.7 Å². The van der Waals surface area contributed by atoms with Gasteiger partial charge in [0.2, 0.25) is 0 Å². The van der Waals surface area contributed by atoms with Gasteiger partial charge in [0.05, 0.1) is 18.5 Å². The van der Waals surface area contributed by atoms with Gasteiger partial charge >= 0.3 is 0 Å². The molecule has 2 rings (SSSR count). The molecule has 3 N–H and O–H groups in total. The lowest BCUT2D eigenvalue weighted by atomic mass is 10.1. The summed E-state index contributed by atoms with van der Waals surface area (Å²) in [5, 5.41) is 16.3. The van der Waals surface area contributed by atoms with Crippen LogP contribution in [0.5, 0.6) is 0 Å². The summed E-state index contributed by atoms with van der Waals surface area (Å²) < 4.78 is 0. The first kappa shape index (κ1) is 14.3. The predicted molar refractivity (Wildman–Crippen MR) is 80.7 cm³/mol. The maximum Gasteiger partial charge on any atom is 0.147 e. The summed E-state index contributed by atoms with van der Waals surface area (Å²) in [5.74, 6) is 1.40. The molecule has 1 aromatic carbocycles. The van der Waals surface area contributed by atoms with Crippen LogP contribution in [-0.4, -0.2) is 28.2 Å². The molecule has 1 heterocycles. The Labute approximate surface area is 119 Å². The van der Waals surface area contributed by atoms with Crippen LogP contribution in [0.15, 0.2) is 42.7 Å². The largest absolute Gasteiger partial charge is 0.387 e. The van der Waals surface area contributed by atoms with Crippen molar-refractivity contribution in [1.29, 1.82) is 0 Å². The molecule has 0 aliphatic heterocycles. The lowest BCUT2D eigenvalue weighted by molar-refractivity contribution is 0.191. The van der Waals surface area contributed by atoms with Crippen LogP contribution in [-0.2, 0) is 0 Å². The number of benzene rings is 1. The summed E-state index contributed by atoms with van der Waals surface area (Å²) >= 11 is 0. The summed E-state index contributed by atoms with van der Waals surface area (Å²) in [7, 11) is 0. The fourth-order valence-corrected chi connectivity index (χ4v) is 1.78. The molecular weight excluding hydrogens is 252 g/mol. The molecule has 0 saturated heterocycles. The van der Waals surface area contributed by atoms with Crippen LogP contribution in [0.2, 0.25) is 0 Å². The zero-order valence-corrected chi connectivity index (χ0v) is 11.6. The number of aromatic nitrogens is 2. The Hall–Kier alpha value is -2.14. The van der Waals surface area contributed by atoms with E-state index in [1.807, 2.05) is 30.3 Å². The van der Waals surface area contributed by atoms with Crippen molar-refractivity contribution in [3.8, 4) is 0 Å². The second kappa shape index (κ2) is 7.45. The lowest BCUT2D eigenvalue weighted by Crippen LogP contribution is -2.13. The van der Waals surface area contributed by atoms with Crippen LogP contribution >= 0.6 is 0 Å². The Morgan fingerprint density at radius 1 is 1.10 bits per heavy atom. The Kier molecular flexibility index (Phi) is 5.32. The van der Waals surface area contributed by atoms with Crippen LogP contribution in [0.4, 0.5) is 11.6 Å². The normalized spacial score (nSPS) is 11.9. The van der Waals surface area contributed by atoms with Gasteiger partial charge in [-0.25, -0.2) is 4.98 Å². The highest BCUT2D eigenvalue weighted by atomic mass is 16.3. The first-order valence-electron chi connectivity index (χ1n) is 6.82. The minimum absolute atomic E-state index is 0.399. The quantitative estimate of drug-likeness (QED) is 0.722. The average molecular weight is 272 g/mol. The minimum atomic E-state index is -0.565. The van der Waals surface area contributed by atoms with Gasteiger partial charge in [-0.05, 0) is 12.0 Å². The summed E-state index contributed by atoms with van der Waals surface area (Å²) in [5.41, 5.74) is 0.883. The summed E-state index contributed by atoms with van der Waals surface area (Å²) in [6.07, 6.45) is 3.81. The maximum atomic E-state index is 10.1. The highest BCUT2D eigenvalue weighted by Gasteiger charge is 2.07. The number of hydrogen-bond donors (Lipinski definition) is 3. The van der Waals surface area contributed by atoms with E-state index < -0.39 is 6.10 Å². The highest BCUT2D eigenvalue weighted by molar-refractivity contribution is 5.41. The van der Waals surface area contributed by atoms with Gasteiger partial charge < -0.3 is 15.7 Å². The van der Waals surface area contributed by atoms with Crippen molar-refractivity contribution >= 4 is 11.6 Å². The number of hydrogen-bond acceptors (Lipinski definition) is 5. The molecule has 0 aliphatic carbocycles. The lowest BCUT2D eigenvalue weighted by Gasteiger charge is -2.13. The number of anilines is 2. The van der Waals surface area contributed by atoms with Crippen LogP contribution in [0.3, 0.4) is 0 Å². The third kappa shape index (κ3) is 4.20. The molecular formula is C15H20N4O. The van der Waals surface area contributed by atoms with Crippen molar-refractivity contribution < 1.29 is 5.11 Å². The summed E-state index contributed by atoms with van der Waals surface area (Å²) in [6.45, 7) is 3.36. The zero-order valence-electron chi connectivity index (χ0n) is 11.6. The third-order valence-corrected chi connectivity index (χ3v) is 2.85. The maximum absolute atomic E-state index is 10.1. The number of rotatable bonds is 7. The van der Waals surface area contributed by atoms with Gasteiger partial charge in [0.15, 0.2) is 0 Å². The van der Waals surface area contributed by atoms with Crippen molar-refractivity contribution in [3.05, 3.63) is 48.3 Å². The van der Waals surface area contributed by atoms with Crippen LogP contribution in [0.25, 0.3) is 0 Å². The first-order valence-corrected chi connectivity index (χ1v) is 6.82. The topological polar surface area (TPSA) is 70.1 Å². The Bertz CT molecular complexity index is 518. The van der Waals surface area contributed by atoms with Gasteiger partial charge in [0.1, 0.15) is 11.6 Å². The summed E-state index contributed by atoms with van der Waals surface area (Å²) in [4.78, 5) is 8.50. The van der Waals surface area contributed by atoms with Gasteiger partial charge in [-0.3, -0.25) is 4.98 Å². The molecule has 5 heteroatoms. The molecule has 0 amide bonds. The van der Waals surface area contributed by atoms with Gasteiger partial charge in [0, 0.05) is 13.1 Å². The molecule has 20 heavy (non-hydrogen) atoms. The Balaban J connectivity index is 1.90. The molecule has 2 aromatic rings. The van der Waals surface area contributed by atoms with Crippen molar-refractivity contribution in [2.24, 2.45) is 0 Å². The SMILES string of the molecule is CCCNc1cncc(NCC(O)c2ccccc2)n1. The first-order chi connectivity index (χ1) is 9.79. The van der Waals surface area contributed by atoms with Crippen molar-refractivity contribution in [2.45, 2.75) is 19.4 Å². The van der Waals surface area contributed by atoms with Gasteiger partial charge in [-0.2, -0.15) is 0 Å². The molecule has 1 unspecified atom stereocenters. The molecule has 106 valence electrons. The highest BCUT2D eigenvalue weighted by Crippen LogP contribution is 2.13. The van der Waals surface area contributed by atoms with Crippen LogP contribution < -0.4 is 10.6 Å². The standard InChI is InChI=1S/C15H20N4O/c1-2-8-17-14-10-16-11-15(19-14)18-9-13(20)12-6-4-3-5-7-12/h3-7,10-11,13,20H,2,8-9H2,1H3,(H2,17,18,19). The van der Waals surface area contributed by atoms with Crippen molar-refractivity contribution in [3.63, 3.8) is 0 Å². The molecule has 0 bridgehead atoms. The second-order valence-corrected chi connectivity index (χ2v) is 4.52. The van der Waals surface area contributed by atoms with E-state index in [-0.39, 0.29) is 0 Å². The van der Waals surface area contributed by atoms with Crippen LogP contribution in [0, 0.1) is 0 Å². The van der Waals surface area contributed by atoms with E-state index in [0.29, 0.717) is 12.4 Å². The van der Waals surface area contributed by atoms with E-state index in [0.717, 1.165) is 24.3 Å². The average Bonchev–Trinajstić information content (AvgIpc) is 2.52. The smallest absolute Gasteiger partial charge is 0.147 e. The number of nitrogens with zero attached hydrogens (tertiary/aromatic N) is 2. The molecule has 0 saturated carbocycles. The van der Waals surface area contributed by atoms with E-state index in [9.17, 15) is 5.11 Å². The van der Waals surface area contributed by atoms with E-state index >= 15 is 0 Å². The van der Waals surface area contributed by atoms with E-state index in [4.69, 9.17) is 0 Å². The monoisotopic (exact) mass is 272 g/mol. The van der Waals surface area contributed by atoms with Crippen LogP contribution in [0.1, 0.15) is 25.0 Å². The van der Waals surface area contributed by atoms with E-state index in [2.05, 4.69) is 27.5 Å². The molecule has 0 spiro atoms. The zero-order chi connectivity index (χ0) is 14.2. The number of aliphatic hydroxyl groups excluding tert-OH is 1. The number of aliphatic hydroxyl groups is 1.